The Labute approximate surface area is 116 Å². The first-order chi connectivity index (χ1) is 9.21. The number of amides is 1. The monoisotopic (exact) mass is 307 g/mol. The molecular weight excluding hydrogens is 299 g/mol. The van der Waals surface area contributed by atoms with Crippen molar-refractivity contribution >= 4 is 29.2 Å². The van der Waals surface area contributed by atoms with Crippen molar-refractivity contribution in [3.05, 3.63) is 28.8 Å². The number of carboxylic acid groups (broad SMARTS) is 1. The predicted molar refractivity (Wildman–Crippen MR) is 64.5 cm³/mol. The maximum absolute atomic E-state index is 12.5. The number of rotatable bonds is 2. The summed E-state index contributed by atoms with van der Waals surface area (Å²) in [6.45, 7) is 0.112. The normalized spacial score (nSPS) is 19.5. The van der Waals surface area contributed by atoms with Crippen molar-refractivity contribution in [3.63, 3.8) is 0 Å². The molecular formula is C12H9ClF3NO3. The number of anilines is 1. The second kappa shape index (κ2) is 4.97. The van der Waals surface area contributed by atoms with Crippen molar-refractivity contribution in [2.24, 2.45) is 5.92 Å². The van der Waals surface area contributed by atoms with Crippen LogP contribution in [0, 0.1) is 5.92 Å². The van der Waals surface area contributed by atoms with Crippen LogP contribution in [-0.4, -0.2) is 23.5 Å². The van der Waals surface area contributed by atoms with Crippen LogP contribution in [0.5, 0.6) is 0 Å². The van der Waals surface area contributed by atoms with Gasteiger partial charge in [-0.15, -0.1) is 0 Å². The minimum absolute atomic E-state index is 0.0911. The van der Waals surface area contributed by atoms with E-state index >= 15 is 0 Å². The standard InChI is InChI=1S/C12H9ClF3NO3/c13-8-5-6(12(14,15)16)1-2-9(8)17-4-3-7(10(17)18)11(19)20/h1-2,5,7H,3-4H2,(H,19,20). The van der Waals surface area contributed by atoms with Gasteiger partial charge in [-0.1, -0.05) is 11.6 Å². The van der Waals surface area contributed by atoms with Crippen molar-refractivity contribution in [1.82, 2.24) is 0 Å². The predicted octanol–water partition coefficient (Wildman–Crippen LogP) is 2.80. The molecule has 1 atom stereocenters. The Hall–Kier alpha value is -1.76. The molecule has 108 valence electrons. The highest BCUT2D eigenvalue weighted by atomic mass is 35.5. The average Bonchev–Trinajstić information content (AvgIpc) is 2.70. The van der Waals surface area contributed by atoms with Gasteiger partial charge in [0.15, 0.2) is 0 Å². The summed E-state index contributed by atoms with van der Waals surface area (Å²) < 4.78 is 37.5. The van der Waals surface area contributed by atoms with Gasteiger partial charge in [-0.3, -0.25) is 9.59 Å². The van der Waals surface area contributed by atoms with Crippen LogP contribution in [0.1, 0.15) is 12.0 Å². The van der Waals surface area contributed by atoms with E-state index in [1.54, 1.807) is 0 Å². The molecule has 0 aromatic heterocycles. The van der Waals surface area contributed by atoms with E-state index in [9.17, 15) is 22.8 Å². The molecule has 4 nitrogen and oxygen atoms in total. The number of carboxylic acids is 1. The van der Waals surface area contributed by atoms with Gasteiger partial charge in [0.1, 0.15) is 5.92 Å². The van der Waals surface area contributed by atoms with Gasteiger partial charge in [0.05, 0.1) is 16.3 Å². The smallest absolute Gasteiger partial charge is 0.416 e. The Balaban J connectivity index is 2.31. The number of benzene rings is 1. The van der Waals surface area contributed by atoms with E-state index in [-0.39, 0.29) is 23.7 Å². The summed E-state index contributed by atoms with van der Waals surface area (Å²) in [6.07, 6.45) is -4.42. The van der Waals surface area contributed by atoms with Crippen LogP contribution in [0.15, 0.2) is 18.2 Å². The van der Waals surface area contributed by atoms with Crippen LogP contribution in [0.4, 0.5) is 18.9 Å². The zero-order chi connectivity index (χ0) is 15.1. The number of nitrogens with zero attached hydrogens (tertiary/aromatic N) is 1. The average molecular weight is 308 g/mol. The number of halogens is 4. The van der Waals surface area contributed by atoms with E-state index in [0.29, 0.717) is 0 Å². The summed E-state index contributed by atoms with van der Waals surface area (Å²) in [7, 11) is 0. The quantitative estimate of drug-likeness (QED) is 0.855. The third-order valence-corrected chi connectivity index (χ3v) is 3.37. The summed E-state index contributed by atoms with van der Waals surface area (Å²) in [6, 6.07) is 2.61. The maximum atomic E-state index is 12.5. The zero-order valence-corrected chi connectivity index (χ0v) is 10.7. The minimum atomic E-state index is -4.53. The third kappa shape index (κ3) is 2.58. The molecule has 1 heterocycles. The van der Waals surface area contributed by atoms with E-state index in [1.807, 2.05) is 0 Å². The van der Waals surface area contributed by atoms with Gasteiger partial charge in [0, 0.05) is 6.54 Å². The Morgan fingerprint density at radius 2 is 2.05 bits per heavy atom. The number of aliphatic carboxylic acids is 1. The van der Waals surface area contributed by atoms with Crippen molar-refractivity contribution in [2.45, 2.75) is 12.6 Å². The number of hydrogen-bond donors (Lipinski definition) is 1. The second-order valence-electron chi connectivity index (χ2n) is 4.33. The van der Waals surface area contributed by atoms with Crippen LogP contribution in [0.3, 0.4) is 0 Å². The first-order valence-corrected chi connectivity index (χ1v) is 6.00. The SMILES string of the molecule is O=C(O)C1CCN(c2ccc(C(F)(F)F)cc2Cl)C1=O. The molecule has 1 aliphatic heterocycles. The number of hydrogen-bond acceptors (Lipinski definition) is 2. The largest absolute Gasteiger partial charge is 0.481 e. The van der Waals surface area contributed by atoms with Gasteiger partial charge in [0.25, 0.3) is 0 Å². The highest BCUT2D eigenvalue weighted by Crippen LogP contribution is 2.37. The molecule has 1 N–H and O–H groups in total. The molecule has 1 fully saturated rings. The molecule has 0 saturated carbocycles. The Kier molecular flexibility index (Phi) is 3.64. The molecule has 1 amide bonds. The molecule has 1 saturated heterocycles. The van der Waals surface area contributed by atoms with Crippen molar-refractivity contribution < 1.29 is 27.9 Å². The molecule has 1 aliphatic rings. The molecule has 0 radical (unpaired) electrons. The van der Waals surface area contributed by atoms with E-state index < -0.39 is 29.5 Å². The van der Waals surface area contributed by atoms with Gasteiger partial charge in [-0.2, -0.15) is 13.2 Å². The van der Waals surface area contributed by atoms with Gasteiger partial charge in [0.2, 0.25) is 5.91 Å². The molecule has 1 unspecified atom stereocenters. The fourth-order valence-electron chi connectivity index (χ4n) is 2.05. The van der Waals surface area contributed by atoms with Crippen molar-refractivity contribution in [1.29, 1.82) is 0 Å². The van der Waals surface area contributed by atoms with Crippen molar-refractivity contribution in [3.8, 4) is 0 Å². The third-order valence-electron chi connectivity index (χ3n) is 3.07. The lowest BCUT2D eigenvalue weighted by molar-refractivity contribution is -0.145. The summed E-state index contributed by atoms with van der Waals surface area (Å²) in [5, 5.41) is 8.60. The minimum Gasteiger partial charge on any atom is -0.481 e. The Morgan fingerprint density at radius 3 is 2.50 bits per heavy atom. The summed E-state index contributed by atoms with van der Waals surface area (Å²) >= 11 is 5.77. The molecule has 20 heavy (non-hydrogen) atoms. The molecule has 2 rings (SSSR count). The van der Waals surface area contributed by atoms with E-state index in [0.717, 1.165) is 23.1 Å². The molecule has 0 aliphatic carbocycles. The molecule has 0 bridgehead atoms. The summed E-state index contributed by atoms with van der Waals surface area (Å²) in [5.41, 5.74) is -0.832. The van der Waals surface area contributed by atoms with Crippen LogP contribution >= 0.6 is 11.6 Å². The van der Waals surface area contributed by atoms with Crippen LogP contribution in [-0.2, 0) is 15.8 Å². The lowest BCUT2D eigenvalue weighted by Crippen LogP contribution is -2.30. The van der Waals surface area contributed by atoms with E-state index in [2.05, 4.69) is 0 Å². The first kappa shape index (κ1) is 14.6. The lowest BCUT2D eigenvalue weighted by atomic mass is 10.1. The van der Waals surface area contributed by atoms with E-state index in [4.69, 9.17) is 16.7 Å². The highest BCUT2D eigenvalue weighted by molar-refractivity contribution is 6.34. The molecule has 0 spiro atoms. The number of carbonyl (C=O) groups excluding carboxylic acids is 1. The van der Waals surface area contributed by atoms with Crippen LogP contribution in [0.2, 0.25) is 5.02 Å². The molecule has 1 aromatic rings. The lowest BCUT2D eigenvalue weighted by Gasteiger charge is -2.18. The summed E-state index contributed by atoms with van der Waals surface area (Å²) in [4.78, 5) is 23.8. The zero-order valence-electron chi connectivity index (χ0n) is 9.95. The highest BCUT2D eigenvalue weighted by Gasteiger charge is 2.39. The number of carbonyl (C=O) groups is 2. The van der Waals surface area contributed by atoms with Crippen LogP contribution < -0.4 is 4.90 Å². The maximum Gasteiger partial charge on any atom is 0.416 e. The van der Waals surface area contributed by atoms with Gasteiger partial charge in [-0.05, 0) is 24.6 Å². The number of alkyl halides is 3. The van der Waals surface area contributed by atoms with Gasteiger partial charge in [-0.25, -0.2) is 0 Å². The molecule has 8 heteroatoms. The molecule has 1 aromatic carbocycles. The topological polar surface area (TPSA) is 57.6 Å². The van der Waals surface area contributed by atoms with Crippen LogP contribution in [0.25, 0.3) is 0 Å². The fraction of sp³-hybridized carbons (Fsp3) is 0.333. The summed E-state index contributed by atoms with van der Waals surface area (Å²) in [5.74, 6) is -3.09. The van der Waals surface area contributed by atoms with Gasteiger partial charge < -0.3 is 10.0 Å². The second-order valence-corrected chi connectivity index (χ2v) is 4.74. The van der Waals surface area contributed by atoms with Gasteiger partial charge >= 0.3 is 12.1 Å². The Morgan fingerprint density at radius 1 is 1.40 bits per heavy atom. The van der Waals surface area contributed by atoms with Crippen molar-refractivity contribution in [2.75, 3.05) is 11.4 Å². The fourth-order valence-corrected chi connectivity index (χ4v) is 2.33. The van der Waals surface area contributed by atoms with E-state index in [1.165, 1.54) is 0 Å². The first-order valence-electron chi connectivity index (χ1n) is 5.62. The Bertz CT molecular complexity index is 574.